The van der Waals surface area contributed by atoms with Gasteiger partial charge in [-0.25, -0.2) is 4.79 Å². The first-order valence-corrected chi connectivity index (χ1v) is 10.1. The third-order valence-electron chi connectivity index (χ3n) is 4.44. The molecule has 0 radical (unpaired) electrons. The Bertz CT molecular complexity index is 939. The zero-order valence-electron chi connectivity index (χ0n) is 17.4. The zero-order chi connectivity index (χ0) is 21.2. The molecule has 30 heavy (non-hydrogen) atoms. The van der Waals surface area contributed by atoms with Gasteiger partial charge in [0.25, 0.3) is 0 Å². The molecule has 5 heteroatoms. The second kappa shape index (κ2) is 10.9. The second-order valence-electron chi connectivity index (χ2n) is 6.64. The molecule has 1 N–H and O–H groups in total. The van der Waals surface area contributed by atoms with Crippen LogP contribution in [0.15, 0.2) is 72.8 Å². The van der Waals surface area contributed by atoms with Crippen LogP contribution in [0.25, 0.3) is 0 Å². The quantitative estimate of drug-likeness (QED) is 0.454. The molecule has 0 aliphatic heterocycles. The SMILES string of the molecule is CCOC(=O)c1ccc(NCc2ccc(OCc3ccccc3)c(OCC)c2)cc1. The minimum absolute atomic E-state index is 0.309. The number of carbonyl (C=O) groups is 1. The van der Waals surface area contributed by atoms with Gasteiger partial charge in [0.1, 0.15) is 6.61 Å². The average molecular weight is 405 g/mol. The number of rotatable bonds is 10. The van der Waals surface area contributed by atoms with E-state index in [-0.39, 0.29) is 5.97 Å². The normalized spacial score (nSPS) is 10.3. The van der Waals surface area contributed by atoms with E-state index in [1.807, 2.05) is 67.6 Å². The van der Waals surface area contributed by atoms with Crippen molar-refractivity contribution in [2.45, 2.75) is 27.0 Å². The van der Waals surface area contributed by atoms with Crippen LogP contribution >= 0.6 is 0 Å². The van der Waals surface area contributed by atoms with Gasteiger partial charge in [0.2, 0.25) is 0 Å². The van der Waals surface area contributed by atoms with E-state index in [2.05, 4.69) is 5.32 Å². The molecule has 5 nitrogen and oxygen atoms in total. The highest BCUT2D eigenvalue weighted by atomic mass is 16.5. The minimum atomic E-state index is -0.309. The van der Waals surface area contributed by atoms with E-state index in [1.54, 1.807) is 19.1 Å². The van der Waals surface area contributed by atoms with Gasteiger partial charge in [0.05, 0.1) is 18.8 Å². The van der Waals surface area contributed by atoms with Gasteiger partial charge in [-0.2, -0.15) is 0 Å². The van der Waals surface area contributed by atoms with Crippen LogP contribution in [0, 0.1) is 0 Å². The Labute approximate surface area is 177 Å². The summed E-state index contributed by atoms with van der Waals surface area (Å²) in [7, 11) is 0. The van der Waals surface area contributed by atoms with Gasteiger partial charge in [-0.05, 0) is 61.4 Å². The highest BCUT2D eigenvalue weighted by Gasteiger charge is 2.08. The predicted octanol–water partition coefficient (Wildman–Crippen LogP) is 5.45. The largest absolute Gasteiger partial charge is 0.490 e. The standard InChI is InChI=1S/C25H27NO4/c1-3-28-24-16-20(10-15-23(24)30-18-19-8-6-5-7-9-19)17-26-22-13-11-21(12-14-22)25(27)29-4-2/h5-16,26H,3-4,17-18H2,1-2H3. The first-order valence-electron chi connectivity index (χ1n) is 10.1. The van der Waals surface area contributed by atoms with Crippen molar-refractivity contribution in [3.63, 3.8) is 0 Å². The topological polar surface area (TPSA) is 56.8 Å². The van der Waals surface area contributed by atoms with Crippen molar-refractivity contribution >= 4 is 11.7 Å². The fraction of sp³-hybridized carbons (Fsp3) is 0.240. The van der Waals surface area contributed by atoms with Crippen LogP contribution in [-0.4, -0.2) is 19.2 Å². The predicted molar refractivity (Wildman–Crippen MR) is 118 cm³/mol. The van der Waals surface area contributed by atoms with Gasteiger partial charge in [-0.15, -0.1) is 0 Å². The number of esters is 1. The van der Waals surface area contributed by atoms with E-state index in [0.29, 0.717) is 31.9 Å². The van der Waals surface area contributed by atoms with Crippen LogP contribution in [0.5, 0.6) is 11.5 Å². The van der Waals surface area contributed by atoms with Crippen LogP contribution < -0.4 is 14.8 Å². The molecule has 3 aromatic rings. The van der Waals surface area contributed by atoms with Gasteiger partial charge in [0, 0.05) is 12.2 Å². The Kier molecular flexibility index (Phi) is 7.72. The average Bonchev–Trinajstić information content (AvgIpc) is 2.78. The van der Waals surface area contributed by atoms with Gasteiger partial charge < -0.3 is 19.5 Å². The van der Waals surface area contributed by atoms with E-state index < -0.39 is 0 Å². The van der Waals surface area contributed by atoms with E-state index in [4.69, 9.17) is 14.2 Å². The van der Waals surface area contributed by atoms with Crippen molar-refractivity contribution in [1.29, 1.82) is 0 Å². The van der Waals surface area contributed by atoms with Crippen LogP contribution in [0.2, 0.25) is 0 Å². The van der Waals surface area contributed by atoms with Gasteiger partial charge in [-0.3, -0.25) is 0 Å². The van der Waals surface area contributed by atoms with Crippen LogP contribution in [0.4, 0.5) is 5.69 Å². The third kappa shape index (κ3) is 6.01. The van der Waals surface area contributed by atoms with Crippen molar-refractivity contribution < 1.29 is 19.0 Å². The number of anilines is 1. The fourth-order valence-electron chi connectivity index (χ4n) is 2.93. The number of nitrogens with one attached hydrogen (secondary N) is 1. The molecule has 0 spiro atoms. The number of benzene rings is 3. The zero-order valence-corrected chi connectivity index (χ0v) is 17.4. The van der Waals surface area contributed by atoms with E-state index in [1.165, 1.54) is 0 Å². The summed E-state index contributed by atoms with van der Waals surface area (Å²) in [5.74, 6) is 1.14. The monoisotopic (exact) mass is 405 g/mol. The molecule has 0 aliphatic carbocycles. The summed E-state index contributed by atoms with van der Waals surface area (Å²) in [6.45, 7) is 5.79. The molecule has 3 aromatic carbocycles. The lowest BCUT2D eigenvalue weighted by Crippen LogP contribution is -2.05. The number of hydrogen-bond donors (Lipinski definition) is 1. The summed E-state index contributed by atoms with van der Waals surface area (Å²) in [6.07, 6.45) is 0. The maximum absolute atomic E-state index is 11.7. The highest BCUT2D eigenvalue weighted by molar-refractivity contribution is 5.89. The summed E-state index contributed by atoms with van der Waals surface area (Å²) in [5, 5.41) is 3.36. The molecule has 0 heterocycles. The smallest absolute Gasteiger partial charge is 0.338 e. The third-order valence-corrected chi connectivity index (χ3v) is 4.44. The van der Waals surface area contributed by atoms with Crippen LogP contribution in [-0.2, 0) is 17.9 Å². The molecule has 0 atom stereocenters. The Morgan fingerprint density at radius 2 is 1.57 bits per heavy atom. The number of carbonyl (C=O) groups excluding carboxylic acids is 1. The lowest BCUT2D eigenvalue weighted by molar-refractivity contribution is 0.0526. The Balaban J connectivity index is 1.62. The fourth-order valence-corrected chi connectivity index (χ4v) is 2.93. The summed E-state index contributed by atoms with van der Waals surface area (Å²) >= 11 is 0. The second-order valence-corrected chi connectivity index (χ2v) is 6.64. The molecule has 0 unspecified atom stereocenters. The summed E-state index contributed by atoms with van der Waals surface area (Å²) in [6, 6.07) is 23.2. The van der Waals surface area contributed by atoms with Crippen molar-refractivity contribution in [1.82, 2.24) is 0 Å². The van der Waals surface area contributed by atoms with Gasteiger partial charge in [0.15, 0.2) is 11.5 Å². The summed E-state index contributed by atoms with van der Waals surface area (Å²) in [4.78, 5) is 11.7. The van der Waals surface area contributed by atoms with E-state index in [9.17, 15) is 4.79 Å². The lowest BCUT2D eigenvalue weighted by atomic mass is 10.1. The first-order chi connectivity index (χ1) is 14.7. The molecular weight excluding hydrogens is 378 g/mol. The molecule has 0 amide bonds. The molecule has 0 aromatic heterocycles. The maximum atomic E-state index is 11.7. The van der Waals surface area contributed by atoms with Crippen molar-refractivity contribution in [3.8, 4) is 11.5 Å². The van der Waals surface area contributed by atoms with Crippen molar-refractivity contribution in [2.75, 3.05) is 18.5 Å². The van der Waals surface area contributed by atoms with Crippen LogP contribution in [0.1, 0.15) is 35.3 Å². The molecule has 0 fully saturated rings. The highest BCUT2D eigenvalue weighted by Crippen LogP contribution is 2.29. The number of ether oxygens (including phenoxy) is 3. The van der Waals surface area contributed by atoms with E-state index >= 15 is 0 Å². The van der Waals surface area contributed by atoms with Crippen LogP contribution in [0.3, 0.4) is 0 Å². The molecule has 156 valence electrons. The Hall–Kier alpha value is -3.47. The first kappa shape index (κ1) is 21.2. The Morgan fingerprint density at radius 1 is 0.800 bits per heavy atom. The number of hydrogen-bond acceptors (Lipinski definition) is 5. The molecule has 0 bridgehead atoms. The molecule has 0 saturated heterocycles. The van der Waals surface area contributed by atoms with Gasteiger partial charge >= 0.3 is 5.97 Å². The van der Waals surface area contributed by atoms with Crippen molar-refractivity contribution in [2.24, 2.45) is 0 Å². The minimum Gasteiger partial charge on any atom is -0.490 e. The Morgan fingerprint density at radius 3 is 2.27 bits per heavy atom. The maximum Gasteiger partial charge on any atom is 0.338 e. The van der Waals surface area contributed by atoms with Gasteiger partial charge in [-0.1, -0.05) is 36.4 Å². The molecule has 0 aliphatic rings. The summed E-state index contributed by atoms with van der Waals surface area (Å²) in [5.41, 5.74) is 3.64. The summed E-state index contributed by atoms with van der Waals surface area (Å²) < 4.78 is 16.7. The molecule has 3 rings (SSSR count). The molecular formula is C25H27NO4. The van der Waals surface area contributed by atoms with Crippen molar-refractivity contribution in [3.05, 3.63) is 89.5 Å². The molecule has 0 saturated carbocycles. The van der Waals surface area contributed by atoms with E-state index in [0.717, 1.165) is 28.3 Å². The lowest BCUT2D eigenvalue weighted by Gasteiger charge is -2.14.